The van der Waals surface area contributed by atoms with Gasteiger partial charge in [-0.2, -0.15) is 0 Å². The maximum atomic E-state index is 9.80. The van der Waals surface area contributed by atoms with E-state index in [0.717, 1.165) is 5.01 Å². The van der Waals surface area contributed by atoms with Gasteiger partial charge in [-0.3, -0.25) is 0 Å². The second-order valence-corrected chi connectivity index (χ2v) is 1.26. The zero-order valence-corrected chi connectivity index (χ0v) is 3.98. The molecule has 1 aliphatic rings. The lowest BCUT2D eigenvalue weighted by Crippen LogP contribution is -2.21. The second-order valence-electron chi connectivity index (χ2n) is 1.26. The largest absolute Gasteiger partial charge is 0.473 e. The molecule has 0 bridgehead atoms. The van der Waals surface area contributed by atoms with E-state index < -0.39 is 5.03 Å². The maximum Gasteiger partial charge on any atom is 0.221 e. The molecule has 0 atom stereocenters. The quantitative estimate of drug-likeness (QED) is 0.355. The van der Waals surface area contributed by atoms with Crippen LogP contribution in [0.4, 0.5) is 0 Å². The minimum Gasteiger partial charge on any atom is -0.473 e. The lowest BCUT2D eigenvalue weighted by molar-refractivity contribution is -0.643. The highest BCUT2D eigenvalue weighted by Gasteiger charge is 2.13. The standard InChI is InChI=1S/C3H4N2O3/c6-5(7)4-1-2-8-3-4/h1-2H,3H2. The molecule has 0 aromatic heterocycles. The average Bonchev–Trinajstić information content (AvgIpc) is 2.12. The third kappa shape index (κ3) is 0.699. The Hall–Kier alpha value is -1.26. The van der Waals surface area contributed by atoms with Crippen LogP contribution in [-0.2, 0) is 4.74 Å². The molecule has 0 spiro atoms. The molecule has 5 nitrogen and oxygen atoms in total. The average molecular weight is 116 g/mol. The molecule has 0 saturated carbocycles. The van der Waals surface area contributed by atoms with Crippen molar-refractivity contribution in [2.24, 2.45) is 0 Å². The summed E-state index contributed by atoms with van der Waals surface area (Å²) >= 11 is 0. The summed E-state index contributed by atoms with van der Waals surface area (Å²) in [6.07, 6.45) is 2.54. The minimum atomic E-state index is -0.538. The number of hydrazine groups is 1. The summed E-state index contributed by atoms with van der Waals surface area (Å²) in [6.45, 7) is 0.0208. The first-order chi connectivity index (χ1) is 3.80. The van der Waals surface area contributed by atoms with E-state index >= 15 is 0 Å². The predicted molar refractivity (Wildman–Crippen MR) is 23.9 cm³/mol. The van der Waals surface area contributed by atoms with Gasteiger partial charge in [0.05, 0.1) is 0 Å². The van der Waals surface area contributed by atoms with Crippen molar-refractivity contribution < 1.29 is 9.77 Å². The molecule has 0 unspecified atom stereocenters. The van der Waals surface area contributed by atoms with Crippen LogP contribution in [0, 0.1) is 10.1 Å². The van der Waals surface area contributed by atoms with E-state index in [1.807, 2.05) is 0 Å². The Bertz CT molecular complexity index is 132. The Kier molecular flexibility index (Phi) is 1.03. The smallest absolute Gasteiger partial charge is 0.221 e. The first-order valence-electron chi connectivity index (χ1n) is 2.00. The number of nitro groups is 1. The number of rotatable bonds is 1. The molecule has 0 aromatic carbocycles. The van der Waals surface area contributed by atoms with Crippen molar-refractivity contribution in [1.29, 1.82) is 0 Å². The Morgan fingerprint density at radius 1 is 1.88 bits per heavy atom. The van der Waals surface area contributed by atoms with Gasteiger partial charge in [0.1, 0.15) is 12.5 Å². The van der Waals surface area contributed by atoms with Gasteiger partial charge in [-0.15, -0.1) is 0 Å². The summed E-state index contributed by atoms with van der Waals surface area (Å²) in [7, 11) is 0. The molecule has 44 valence electrons. The Morgan fingerprint density at radius 3 is 2.88 bits per heavy atom. The fourth-order valence-electron chi connectivity index (χ4n) is 0.377. The summed E-state index contributed by atoms with van der Waals surface area (Å²) in [6, 6.07) is 0. The van der Waals surface area contributed by atoms with Gasteiger partial charge in [0.15, 0.2) is 5.03 Å². The molecule has 0 saturated heterocycles. The number of hydrogen-bond acceptors (Lipinski definition) is 3. The number of nitrogens with zero attached hydrogens (tertiary/aromatic N) is 2. The molecule has 0 N–H and O–H groups in total. The van der Waals surface area contributed by atoms with E-state index in [0.29, 0.717) is 0 Å². The molecule has 1 aliphatic heterocycles. The van der Waals surface area contributed by atoms with Crippen LogP contribution in [-0.4, -0.2) is 16.8 Å². The molecule has 0 fully saturated rings. The van der Waals surface area contributed by atoms with Gasteiger partial charge in [0.25, 0.3) is 0 Å². The van der Waals surface area contributed by atoms with Crippen LogP contribution in [0.1, 0.15) is 0 Å². The Balaban J connectivity index is 2.48. The van der Waals surface area contributed by atoms with Gasteiger partial charge in [-0.05, 0) is 0 Å². The first kappa shape index (κ1) is 4.89. The van der Waals surface area contributed by atoms with Gasteiger partial charge in [0, 0.05) is 0 Å². The highest BCUT2D eigenvalue weighted by Crippen LogP contribution is 1.98. The third-order valence-corrected chi connectivity index (χ3v) is 0.746. The summed E-state index contributed by atoms with van der Waals surface area (Å²) in [5.41, 5.74) is 0. The van der Waals surface area contributed by atoms with Crippen LogP contribution >= 0.6 is 0 Å². The number of ether oxygens (including phenoxy) is 1. The fourth-order valence-corrected chi connectivity index (χ4v) is 0.377. The van der Waals surface area contributed by atoms with Crippen molar-refractivity contribution in [3.63, 3.8) is 0 Å². The summed E-state index contributed by atoms with van der Waals surface area (Å²) in [5.74, 6) is 0. The second kappa shape index (κ2) is 1.69. The monoisotopic (exact) mass is 116 g/mol. The molecule has 0 radical (unpaired) electrons. The van der Waals surface area contributed by atoms with Crippen molar-refractivity contribution in [3.8, 4) is 0 Å². The Morgan fingerprint density at radius 2 is 2.62 bits per heavy atom. The van der Waals surface area contributed by atoms with Crippen molar-refractivity contribution >= 4 is 0 Å². The fraction of sp³-hybridized carbons (Fsp3) is 0.333. The van der Waals surface area contributed by atoms with E-state index in [1.54, 1.807) is 0 Å². The minimum absolute atomic E-state index is 0.0208. The lowest BCUT2D eigenvalue weighted by Gasteiger charge is -1.98. The van der Waals surface area contributed by atoms with Crippen molar-refractivity contribution in [1.82, 2.24) is 5.01 Å². The normalized spacial score (nSPS) is 16.2. The van der Waals surface area contributed by atoms with Crippen LogP contribution < -0.4 is 0 Å². The SMILES string of the molecule is O=[N+]([O-])N1C=COC1. The molecule has 0 aliphatic carbocycles. The van der Waals surface area contributed by atoms with Gasteiger partial charge < -0.3 is 4.74 Å². The highest BCUT2D eigenvalue weighted by atomic mass is 16.7. The first-order valence-corrected chi connectivity index (χ1v) is 2.00. The van der Waals surface area contributed by atoms with Crippen molar-refractivity contribution in [2.45, 2.75) is 0 Å². The topological polar surface area (TPSA) is 55.6 Å². The predicted octanol–water partition coefficient (Wildman–Crippen LogP) is -0.0610. The van der Waals surface area contributed by atoms with Crippen molar-refractivity contribution in [2.75, 3.05) is 6.73 Å². The molecule has 1 rings (SSSR count). The molecular formula is C3H4N2O3. The molecule has 5 heteroatoms. The highest BCUT2D eigenvalue weighted by molar-refractivity contribution is 4.73. The van der Waals surface area contributed by atoms with E-state index in [9.17, 15) is 10.1 Å². The molecule has 0 amide bonds. The zero-order valence-electron chi connectivity index (χ0n) is 3.98. The van der Waals surface area contributed by atoms with Crippen LogP contribution in [0.25, 0.3) is 0 Å². The van der Waals surface area contributed by atoms with E-state index in [4.69, 9.17) is 0 Å². The van der Waals surface area contributed by atoms with E-state index in [1.165, 1.54) is 12.5 Å². The van der Waals surface area contributed by atoms with Crippen molar-refractivity contribution in [3.05, 3.63) is 22.6 Å². The van der Waals surface area contributed by atoms with Gasteiger partial charge in [-0.25, -0.2) is 10.1 Å². The van der Waals surface area contributed by atoms with Crippen LogP contribution in [0.15, 0.2) is 12.5 Å². The van der Waals surface area contributed by atoms with E-state index in [2.05, 4.69) is 4.74 Å². The summed E-state index contributed by atoms with van der Waals surface area (Å²) in [5, 5.41) is 10.1. The third-order valence-electron chi connectivity index (χ3n) is 0.746. The maximum absolute atomic E-state index is 9.80. The molecule has 1 heterocycles. The van der Waals surface area contributed by atoms with Gasteiger partial charge in [-0.1, -0.05) is 5.01 Å². The van der Waals surface area contributed by atoms with Gasteiger partial charge >= 0.3 is 0 Å². The molecule has 0 aromatic rings. The molecular weight excluding hydrogens is 112 g/mol. The number of hydrogen-bond donors (Lipinski definition) is 0. The molecule has 8 heavy (non-hydrogen) atoms. The Labute approximate surface area is 45.3 Å². The lowest BCUT2D eigenvalue weighted by atomic mass is 11.0. The van der Waals surface area contributed by atoms with Gasteiger partial charge in [0.2, 0.25) is 6.73 Å². The van der Waals surface area contributed by atoms with Crippen LogP contribution in [0.3, 0.4) is 0 Å². The summed E-state index contributed by atoms with van der Waals surface area (Å²) < 4.78 is 4.52. The van der Waals surface area contributed by atoms with E-state index in [-0.39, 0.29) is 6.73 Å². The summed E-state index contributed by atoms with van der Waals surface area (Å²) in [4.78, 5) is 9.80. The van der Waals surface area contributed by atoms with Crippen LogP contribution in [0.5, 0.6) is 0 Å². The van der Waals surface area contributed by atoms with Crippen LogP contribution in [0.2, 0.25) is 0 Å². The zero-order chi connectivity index (χ0) is 5.98.